The number of benzene rings is 8. The van der Waals surface area contributed by atoms with Gasteiger partial charge in [0.2, 0.25) is 0 Å². The fourth-order valence-electron chi connectivity index (χ4n) is 9.03. The van der Waals surface area contributed by atoms with Crippen LogP contribution in [0.5, 0.6) is 0 Å². The van der Waals surface area contributed by atoms with Crippen LogP contribution in [-0.4, -0.2) is 19.5 Å². The number of hydrogen-bond donors (Lipinski definition) is 0. The summed E-state index contributed by atoms with van der Waals surface area (Å²) in [6.45, 7) is 4.24. The Kier molecular flexibility index (Phi) is 10.3. The van der Waals surface area contributed by atoms with E-state index in [1.165, 1.54) is 38.6 Å². The van der Waals surface area contributed by atoms with E-state index in [9.17, 15) is 0 Å². The minimum Gasteiger partial charge on any atom is -0.307 e. The topological polar surface area (TPSA) is 43.6 Å². The second-order valence-electron chi connectivity index (χ2n) is 16.4. The maximum absolute atomic E-state index is 5.36. The molecule has 0 aliphatic rings. The van der Waals surface area contributed by atoms with E-state index in [1.54, 1.807) is 0 Å². The van der Waals surface area contributed by atoms with E-state index in [-0.39, 0.29) is 0 Å². The predicted octanol–water partition coefficient (Wildman–Crippen LogP) is 16.0. The maximum atomic E-state index is 5.36. The Morgan fingerprint density at radius 3 is 1.32 bits per heavy atom. The van der Waals surface area contributed by atoms with Gasteiger partial charge < -0.3 is 4.57 Å². The molecule has 0 fully saturated rings. The van der Waals surface area contributed by atoms with Crippen molar-refractivity contribution in [2.45, 2.75) is 13.8 Å². The standard InChI is InChI=1S/C61H44N4/c1-3-15-54-41(2)58-53-22-13-14-23-57(53)65(52-20-11-6-12-21-52)60(58)59(62-54)50-36-28-46(29-37-50)47-30-38-51(39-31-47)61-63-55(48-32-24-44(25-33-48)42-16-7-4-8-17-42)40-56(64-61)49-34-26-45(27-35-49)43-18-9-5-10-19-43/h3-40H,1-2H3/b15-3-. The lowest BCUT2D eigenvalue weighted by Gasteiger charge is -2.14. The van der Waals surface area contributed by atoms with Crippen molar-refractivity contribution in [2.24, 2.45) is 0 Å². The van der Waals surface area contributed by atoms with Crippen molar-refractivity contribution in [1.82, 2.24) is 19.5 Å². The van der Waals surface area contributed by atoms with E-state index in [2.05, 4.69) is 237 Å². The van der Waals surface area contributed by atoms with Gasteiger partial charge in [0.25, 0.3) is 0 Å². The first kappa shape index (κ1) is 39.4. The molecule has 0 amide bonds. The van der Waals surface area contributed by atoms with E-state index in [1.807, 2.05) is 12.1 Å². The Morgan fingerprint density at radius 1 is 0.400 bits per heavy atom. The molecule has 11 rings (SSSR count). The number of aryl methyl sites for hydroxylation is 1. The Bertz CT molecular complexity index is 3380. The average Bonchev–Trinajstić information content (AvgIpc) is 3.74. The van der Waals surface area contributed by atoms with Crippen LogP contribution in [0.1, 0.15) is 18.2 Å². The SMILES string of the molecule is C/C=C\c1nc(-c2ccc(-c3ccc(-c4nc(-c5ccc(-c6ccccc6)cc5)cc(-c5ccc(-c6ccccc6)cc5)n4)cc3)cc2)c2c(c1C)c1ccccc1n2-c1ccccc1. The van der Waals surface area contributed by atoms with E-state index < -0.39 is 0 Å². The van der Waals surface area contributed by atoms with Gasteiger partial charge in [-0.15, -0.1) is 0 Å². The normalized spacial score (nSPS) is 11.5. The van der Waals surface area contributed by atoms with Crippen LogP contribution in [0.15, 0.2) is 224 Å². The van der Waals surface area contributed by atoms with Gasteiger partial charge in [0.1, 0.15) is 0 Å². The molecule has 11 aromatic rings. The molecule has 0 atom stereocenters. The van der Waals surface area contributed by atoms with E-state index >= 15 is 0 Å². The molecular formula is C61H44N4. The van der Waals surface area contributed by atoms with Crippen molar-refractivity contribution in [3.8, 4) is 84.2 Å². The number of allylic oxidation sites excluding steroid dienone is 1. The van der Waals surface area contributed by atoms with Gasteiger partial charge in [-0.1, -0.05) is 200 Å². The molecule has 0 saturated heterocycles. The minimum atomic E-state index is 0.680. The molecule has 4 heteroatoms. The summed E-state index contributed by atoms with van der Waals surface area (Å²) in [6, 6.07) is 77.1. The number of para-hydroxylation sites is 2. The minimum absolute atomic E-state index is 0.680. The lowest BCUT2D eigenvalue weighted by Crippen LogP contribution is -1.99. The quantitative estimate of drug-likeness (QED) is 0.145. The first-order valence-electron chi connectivity index (χ1n) is 22.1. The van der Waals surface area contributed by atoms with Crippen molar-refractivity contribution >= 4 is 27.9 Å². The fraction of sp³-hybridized carbons (Fsp3) is 0.0328. The Labute approximate surface area is 379 Å². The van der Waals surface area contributed by atoms with Gasteiger partial charge in [-0.3, -0.25) is 0 Å². The molecular weight excluding hydrogens is 789 g/mol. The Morgan fingerprint density at radius 2 is 0.815 bits per heavy atom. The summed E-state index contributed by atoms with van der Waals surface area (Å²) >= 11 is 0. The molecule has 308 valence electrons. The van der Waals surface area contributed by atoms with Crippen molar-refractivity contribution in [3.05, 3.63) is 236 Å². The van der Waals surface area contributed by atoms with Crippen LogP contribution in [0.3, 0.4) is 0 Å². The van der Waals surface area contributed by atoms with Crippen LogP contribution in [0.25, 0.3) is 112 Å². The van der Waals surface area contributed by atoms with Crippen LogP contribution in [0, 0.1) is 6.92 Å². The van der Waals surface area contributed by atoms with E-state index in [0.717, 1.165) is 72.9 Å². The number of rotatable bonds is 9. The van der Waals surface area contributed by atoms with Gasteiger partial charge >= 0.3 is 0 Å². The molecule has 0 spiro atoms. The van der Waals surface area contributed by atoms with E-state index in [0.29, 0.717) is 5.82 Å². The smallest absolute Gasteiger partial charge is 0.160 e. The molecule has 0 unspecified atom stereocenters. The molecule has 8 aromatic carbocycles. The number of nitrogens with zero attached hydrogens (tertiary/aromatic N) is 4. The average molecular weight is 833 g/mol. The zero-order chi connectivity index (χ0) is 43.7. The summed E-state index contributed by atoms with van der Waals surface area (Å²) < 4.78 is 2.37. The summed E-state index contributed by atoms with van der Waals surface area (Å²) in [5.74, 6) is 0.680. The summed E-state index contributed by atoms with van der Waals surface area (Å²) in [4.78, 5) is 15.7. The van der Waals surface area contributed by atoms with Gasteiger partial charge in [-0.25, -0.2) is 15.0 Å². The van der Waals surface area contributed by atoms with Gasteiger partial charge in [-0.05, 0) is 83.1 Å². The third-order valence-corrected chi connectivity index (χ3v) is 12.4. The highest BCUT2D eigenvalue weighted by molar-refractivity contribution is 6.15. The molecule has 0 radical (unpaired) electrons. The second-order valence-corrected chi connectivity index (χ2v) is 16.4. The van der Waals surface area contributed by atoms with Crippen molar-refractivity contribution < 1.29 is 0 Å². The highest BCUT2D eigenvalue weighted by atomic mass is 15.0. The molecule has 0 aliphatic heterocycles. The Hall–Kier alpha value is -8.47. The van der Waals surface area contributed by atoms with Gasteiger partial charge in [0.15, 0.2) is 5.82 Å². The first-order chi connectivity index (χ1) is 32.1. The lowest BCUT2D eigenvalue weighted by atomic mass is 9.98. The summed E-state index contributed by atoms with van der Waals surface area (Å²) in [7, 11) is 0. The number of aromatic nitrogens is 4. The zero-order valence-electron chi connectivity index (χ0n) is 36.2. The monoisotopic (exact) mass is 832 g/mol. The number of hydrogen-bond acceptors (Lipinski definition) is 3. The number of pyridine rings is 1. The Balaban J connectivity index is 0.958. The van der Waals surface area contributed by atoms with Crippen LogP contribution in [0.2, 0.25) is 0 Å². The highest BCUT2D eigenvalue weighted by Gasteiger charge is 2.21. The van der Waals surface area contributed by atoms with Crippen molar-refractivity contribution in [1.29, 1.82) is 0 Å². The predicted molar refractivity (Wildman–Crippen MR) is 272 cm³/mol. The molecule has 0 bridgehead atoms. The van der Waals surface area contributed by atoms with Gasteiger partial charge in [0.05, 0.1) is 33.8 Å². The maximum Gasteiger partial charge on any atom is 0.160 e. The van der Waals surface area contributed by atoms with Crippen molar-refractivity contribution in [2.75, 3.05) is 0 Å². The van der Waals surface area contributed by atoms with Crippen LogP contribution in [-0.2, 0) is 0 Å². The molecule has 0 N–H and O–H groups in total. The first-order valence-corrected chi connectivity index (χ1v) is 22.1. The van der Waals surface area contributed by atoms with Gasteiger partial charge in [0, 0.05) is 38.7 Å². The fourth-order valence-corrected chi connectivity index (χ4v) is 9.03. The largest absolute Gasteiger partial charge is 0.307 e. The highest BCUT2D eigenvalue weighted by Crippen LogP contribution is 2.41. The van der Waals surface area contributed by atoms with Crippen LogP contribution >= 0.6 is 0 Å². The zero-order valence-corrected chi connectivity index (χ0v) is 36.2. The van der Waals surface area contributed by atoms with Crippen LogP contribution < -0.4 is 0 Å². The summed E-state index contributed by atoms with van der Waals surface area (Å²) in [5, 5.41) is 2.45. The molecule has 4 nitrogen and oxygen atoms in total. The van der Waals surface area contributed by atoms with E-state index in [4.69, 9.17) is 15.0 Å². The summed E-state index contributed by atoms with van der Waals surface area (Å²) in [6.07, 6.45) is 4.19. The summed E-state index contributed by atoms with van der Waals surface area (Å²) in [5.41, 5.74) is 19.3. The number of fused-ring (bicyclic) bond motifs is 3. The van der Waals surface area contributed by atoms with Crippen molar-refractivity contribution in [3.63, 3.8) is 0 Å². The second kappa shape index (κ2) is 17.0. The van der Waals surface area contributed by atoms with Gasteiger partial charge in [-0.2, -0.15) is 0 Å². The molecule has 65 heavy (non-hydrogen) atoms. The lowest BCUT2D eigenvalue weighted by molar-refractivity contribution is 1.16. The third-order valence-electron chi connectivity index (χ3n) is 12.4. The van der Waals surface area contributed by atoms with Crippen LogP contribution in [0.4, 0.5) is 0 Å². The molecule has 3 aromatic heterocycles. The molecule has 0 aliphatic carbocycles. The third kappa shape index (κ3) is 7.51. The molecule has 3 heterocycles. The molecule has 0 saturated carbocycles.